The van der Waals surface area contributed by atoms with E-state index in [4.69, 9.17) is 4.74 Å². The van der Waals surface area contributed by atoms with Crippen LogP contribution in [-0.4, -0.2) is 51.9 Å². The van der Waals surface area contributed by atoms with E-state index in [1.807, 2.05) is 26.0 Å². The van der Waals surface area contributed by atoms with Crippen LogP contribution in [0.5, 0.6) is 5.75 Å². The summed E-state index contributed by atoms with van der Waals surface area (Å²) in [6.07, 6.45) is 5.08. The molecule has 0 radical (unpaired) electrons. The number of benzene rings is 1. The summed E-state index contributed by atoms with van der Waals surface area (Å²) in [6.45, 7) is 11.3. The topological polar surface area (TPSA) is 99.6 Å². The first-order valence-electron chi connectivity index (χ1n) is 13.9. The number of hydrogen-bond acceptors (Lipinski definition) is 8. The quantitative estimate of drug-likeness (QED) is 0.280. The Bertz CT molecular complexity index is 1200. The summed E-state index contributed by atoms with van der Waals surface area (Å²) in [5.74, 6) is 0.811. The van der Waals surface area contributed by atoms with Crippen LogP contribution in [0.15, 0.2) is 35.6 Å². The van der Waals surface area contributed by atoms with Gasteiger partial charge < -0.3 is 25.4 Å². The number of amides is 1. The number of phenolic OH excluding ortho intramolecular Hbond substituents is 1. The van der Waals surface area contributed by atoms with Crippen LogP contribution in [0.3, 0.4) is 0 Å². The molecular weight excluding hydrogens is 555 g/mol. The molecule has 0 unspecified atom stereocenters. The lowest BCUT2D eigenvalue weighted by Gasteiger charge is -2.19. The van der Waals surface area contributed by atoms with E-state index in [1.165, 1.54) is 39.8 Å². The SMILES string of the molecule is CC.CC(C)C1=CCOC(CNc2nsnc2Nc2ccc(C(F)(F)F)c(C(=O)N(C)C)c2O)=C1.CC1CCCC1. The minimum Gasteiger partial charge on any atom is -0.505 e. The highest BCUT2D eigenvalue weighted by Crippen LogP contribution is 2.41. The molecule has 41 heavy (non-hydrogen) atoms. The number of halogens is 3. The first-order chi connectivity index (χ1) is 19.4. The molecule has 1 aromatic heterocycles. The van der Waals surface area contributed by atoms with Gasteiger partial charge in [0, 0.05) is 14.1 Å². The Morgan fingerprint density at radius 2 is 1.80 bits per heavy atom. The van der Waals surface area contributed by atoms with Crippen molar-refractivity contribution in [3.05, 3.63) is 46.7 Å². The highest BCUT2D eigenvalue weighted by Gasteiger charge is 2.38. The molecule has 4 rings (SSSR count). The third-order valence-electron chi connectivity index (χ3n) is 6.50. The number of hydrogen-bond donors (Lipinski definition) is 3. The molecule has 1 saturated carbocycles. The fourth-order valence-electron chi connectivity index (χ4n) is 4.22. The number of anilines is 3. The molecule has 0 atom stereocenters. The molecule has 1 aliphatic carbocycles. The summed E-state index contributed by atoms with van der Waals surface area (Å²) < 4.78 is 54.1. The first kappa shape index (κ1) is 33.9. The lowest BCUT2D eigenvalue weighted by molar-refractivity contribution is -0.138. The Morgan fingerprint density at radius 3 is 2.34 bits per heavy atom. The van der Waals surface area contributed by atoms with Gasteiger partial charge >= 0.3 is 6.18 Å². The van der Waals surface area contributed by atoms with Crippen LogP contribution in [0.25, 0.3) is 0 Å². The van der Waals surface area contributed by atoms with Crippen molar-refractivity contribution in [2.45, 2.75) is 66.5 Å². The zero-order valence-electron chi connectivity index (χ0n) is 24.9. The number of nitrogens with one attached hydrogen (secondary N) is 2. The molecule has 12 heteroatoms. The van der Waals surface area contributed by atoms with Crippen LogP contribution >= 0.6 is 11.7 Å². The van der Waals surface area contributed by atoms with Crippen molar-refractivity contribution in [2.75, 3.05) is 37.9 Å². The number of alkyl halides is 3. The summed E-state index contributed by atoms with van der Waals surface area (Å²) in [7, 11) is 2.60. The van der Waals surface area contributed by atoms with E-state index >= 15 is 0 Å². The van der Waals surface area contributed by atoms with Gasteiger partial charge in [0.25, 0.3) is 5.91 Å². The average molecular weight is 598 g/mol. The van der Waals surface area contributed by atoms with Gasteiger partial charge in [-0.1, -0.05) is 60.3 Å². The van der Waals surface area contributed by atoms with Crippen LogP contribution in [0, 0.1) is 11.8 Å². The van der Waals surface area contributed by atoms with E-state index in [0.717, 1.165) is 40.3 Å². The predicted octanol–water partition coefficient (Wildman–Crippen LogP) is 7.84. The number of allylic oxidation sites excluding steroid dienone is 2. The molecule has 1 aromatic carbocycles. The fraction of sp³-hybridized carbons (Fsp3) is 0.552. The van der Waals surface area contributed by atoms with E-state index in [1.54, 1.807) is 0 Å². The summed E-state index contributed by atoms with van der Waals surface area (Å²) in [5.41, 5.74) is -1.03. The minimum absolute atomic E-state index is 0.109. The van der Waals surface area contributed by atoms with Gasteiger partial charge in [-0.2, -0.15) is 21.9 Å². The van der Waals surface area contributed by atoms with Crippen molar-refractivity contribution >= 4 is 35.0 Å². The van der Waals surface area contributed by atoms with Crippen molar-refractivity contribution in [3.8, 4) is 5.75 Å². The summed E-state index contributed by atoms with van der Waals surface area (Å²) in [5, 5.41) is 16.4. The summed E-state index contributed by atoms with van der Waals surface area (Å²) in [4.78, 5) is 13.3. The number of nitrogens with zero attached hydrogens (tertiary/aromatic N) is 3. The van der Waals surface area contributed by atoms with Crippen molar-refractivity contribution in [2.24, 2.45) is 11.8 Å². The van der Waals surface area contributed by atoms with Gasteiger partial charge in [-0.25, -0.2) is 0 Å². The van der Waals surface area contributed by atoms with Crippen LogP contribution in [-0.2, 0) is 10.9 Å². The molecule has 1 fully saturated rings. The van der Waals surface area contributed by atoms with E-state index in [-0.39, 0.29) is 11.5 Å². The minimum atomic E-state index is -4.82. The van der Waals surface area contributed by atoms with Gasteiger partial charge in [0.05, 0.1) is 35.1 Å². The van der Waals surface area contributed by atoms with Crippen LogP contribution < -0.4 is 10.6 Å². The Labute approximate surface area is 245 Å². The number of aromatic hydroxyl groups is 1. The molecule has 2 aromatic rings. The Morgan fingerprint density at radius 1 is 1.17 bits per heavy atom. The monoisotopic (exact) mass is 597 g/mol. The number of aromatic nitrogens is 2. The maximum Gasteiger partial charge on any atom is 0.417 e. The van der Waals surface area contributed by atoms with Crippen molar-refractivity contribution in [3.63, 3.8) is 0 Å². The fourth-order valence-corrected chi connectivity index (χ4v) is 4.71. The van der Waals surface area contributed by atoms with Crippen LogP contribution in [0.2, 0.25) is 0 Å². The number of rotatable bonds is 7. The van der Waals surface area contributed by atoms with Gasteiger partial charge in [-0.05, 0) is 41.7 Å². The van der Waals surface area contributed by atoms with Gasteiger partial charge in [0.15, 0.2) is 17.4 Å². The van der Waals surface area contributed by atoms with Gasteiger partial charge in [-0.15, -0.1) is 0 Å². The molecule has 0 bridgehead atoms. The normalized spacial score (nSPS) is 15.0. The Kier molecular flexibility index (Phi) is 12.9. The second-order valence-corrected chi connectivity index (χ2v) is 10.7. The molecule has 0 saturated heterocycles. The molecule has 228 valence electrons. The van der Waals surface area contributed by atoms with Crippen molar-refractivity contribution < 1.29 is 27.8 Å². The third-order valence-corrected chi connectivity index (χ3v) is 7.03. The molecule has 1 amide bonds. The van der Waals surface area contributed by atoms with Gasteiger partial charge in [-0.3, -0.25) is 4.79 Å². The largest absolute Gasteiger partial charge is 0.505 e. The molecule has 1 aliphatic heterocycles. The Balaban J connectivity index is 0.000000640. The third kappa shape index (κ3) is 9.65. The smallest absolute Gasteiger partial charge is 0.417 e. The summed E-state index contributed by atoms with van der Waals surface area (Å²) in [6, 6.07) is 1.78. The second-order valence-electron chi connectivity index (χ2n) is 10.2. The molecule has 2 aliphatic rings. The highest BCUT2D eigenvalue weighted by atomic mass is 32.1. The van der Waals surface area contributed by atoms with Crippen LogP contribution in [0.4, 0.5) is 30.5 Å². The lowest BCUT2D eigenvalue weighted by atomic mass is 10.0. The highest BCUT2D eigenvalue weighted by molar-refractivity contribution is 6.99. The van der Waals surface area contributed by atoms with Crippen molar-refractivity contribution in [1.29, 1.82) is 0 Å². The zero-order valence-corrected chi connectivity index (χ0v) is 25.7. The Hall–Kier alpha value is -3.28. The van der Waals surface area contributed by atoms with Crippen molar-refractivity contribution in [1.82, 2.24) is 13.6 Å². The second kappa shape index (κ2) is 15.6. The molecular formula is C29H42F3N5O3S. The molecule has 8 nitrogen and oxygen atoms in total. The predicted molar refractivity (Wildman–Crippen MR) is 159 cm³/mol. The lowest BCUT2D eigenvalue weighted by Crippen LogP contribution is -2.25. The van der Waals surface area contributed by atoms with E-state index in [0.29, 0.717) is 30.6 Å². The van der Waals surface area contributed by atoms with Gasteiger partial charge in [0.1, 0.15) is 12.4 Å². The van der Waals surface area contributed by atoms with Gasteiger partial charge in [0.2, 0.25) is 0 Å². The zero-order chi connectivity index (χ0) is 30.7. The molecule has 3 N–H and O–H groups in total. The molecule has 0 spiro atoms. The van der Waals surface area contributed by atoms with E-state index in [9.17, 15) is 23.1 Å². The van der Waals surface area contributed by atoms with E-state index in [2.05, 4.69) is 40.2 Å². The summed E-state index contributed by atoms with van der Waals surface area (Å²) >= 11 is 0.873. The van der Waals surface area contributed by atoms with E-state index < -0.39 is 29.0 Å². The number of carbonyl (C=O) groups excluding carboxylic acids is 1. The number of phenols is 1. The maximum absolute atomic E-state index is 13.4. The first-order valence-corrected chi connectivity index (χ1v) is 14.6. The van der Waals surface area contributed by atoms with Crippen LogP contribution in [0.1, 0.15) is 76.2 Å². The average Bonchev–Trinajstić information content (AvgIpc) is 3.60. The standard InChI is InChI=1S/C21H24F3N5O3S.C6H12.C2H6/c1-11(2)12-7-8-32-13(9-12)10-25-18-19(28-33-27-18)26-15-6-5-14(21(22,23)24)16(17(15)30)20(31)29(3)4;1-6-4-2-3-5-6;1-2/h5-7,9,11,30H,8,10H2,1-4H3,(H,25,27)(H,26,28);6H,2-5H2,1H3;1-2H3. The number of carbonyl (C=O) groups is 1. The molecule has 2 heterocycles. The maximum atomic E-state index is 13.4. The number of ether oxygens (including phenoxy) is 1.